The fourth-order valence-corrected chi connectivity index (χ4v) is 3.93. The Labute approximate surface area is 178 Å². The Morgan fingerprint density at radius 1 is 1.10 bits per heavy atom. The van der Waals surface area contributed by atoms with Gasteiger partial charge in [0.05, 0.1) is 23.7 Å². The fraction of sp³-hybridized carbons (Fsp3) is 0.182. The van der Waals surface area contributed by atoms with Crippen LogP contribution in [-0.2, 0) is 4.79 Å². The van der Waals surface area contributed by atoms with Crippen molar-refractivity contribution in [2.24, 2.45) is 10.2 Å². The van der Waals surface area contributed by atoms with Crippen molar-refractivity contribution in [3.8, 4) is 17.0 Å². The lowest BCUT2D eigenvalue weighted by Crippen LogP contribution is -2.27. The van der Waals surface area contributed by atoms with Crippen LogP contribution >= 0.6 is 11.3 Å². The monoisotopic (exact) mass is 419 g/mol. The molecule has 30 heavy (non-hydrogen) atoms. The topological polar surface area (TPSA) is 79.2 Å². The number of benzene rings is 2. The summed E-state index contributed by atoms with van der Waals surface area (Å²) in [6, 6.07) is 17.3. The SMILES string of the molecule is CCOc1ccccc1N/N=C1/C(=O)N(c2nc(-c3ccccc3)c(C)s2)N=C1C. The minimum atomic E-state index is -0.317. The number of carbonyl (C=O) groups is 1. The number of aryl methyl sites for hydroxylation is 1. The molecular weight excluding hydrogens is 398 g/mol. The van der Waals surface area contributed by atoms with Gasteiger partial charge in [0.1, 0.15) is 5.75 Å². The summed E-state index contributed by atoms with van der Waals surface area (Å²) < 4.78 is 5.59. The minimum absolute atomic E-state index is 0.246. The van der Waals surface area contributed by atoms with Crippen molar-refractivity contribution in [3.05, 3.63) is 59.5 Å². The molecule has 2 aromatic carbocycles. The molecule has 1 amide bonds. The number of para-hydroxylation sites is 2. The molecule has 2 heterocycles. The first-order valence-corrected chi connectivity index (χ1v) is 10.4. The summed E-state index contributed by atoms with van der Waals surface area (Å²) in [7, 11) is 0. The number of nitrogens with one attached hydrogen (secondary N) is 1. The standard InChI is InChI=1S/C22H21N5O2S/c1-4-29-18-13-9-8-12-17(18)24-25-19-14(2)26-27(21(19)28)22-23-20(15(3)30-22)16-10-6-5-7-11-16/h5-13,24H,4H2,1-3H3/b25-19+. The lowest BCUT2D eigenvalue weighted by atomic mass is 10.1. The lowest BCUT2D eigenvalue weighted by molar-refractivity contribution is -0.112. The molecule has 0 bridgehead atoms. The summed E-state index contributed by atoms with van der Waals surface area (Å²) in [5.41, 5.74) is 6.24. The second-order valence-electron chi connectivity index (χ2n) is 6.57. The summed E-state index contributed by atoms with van der Waals surface area (Å²) >= 11 is 1.43. The van der Waals surface area contributed by atoms with Crippen LogP contribution in [-0.4, -0.2) is 28.9 Å². The van der Waals surface area contributed by atoms with E-state index in [1.807, 2.05) is 68.4 Å². The summed E-state index contributed by atoms with van der Waals surface area (Å²) in [4.78, 5) is 18.7. The van der Waals surface area contributed by atoms with E-state index in [2.05, 4.69) is 20.6 Å². The first-order chi connectivity index (χ1) is 14.6. The van der Waals surface area contributed by atoms with Gasteiger partial charge in [-0.1, -0.05) is 53.8 Å². The number of hydrogen-bond donors (Lipinski definition) is 1. The molecule has 1 aliphatic rings. The number of hydrazone groups is 2. The predicted molar refractivity (Wildman–Crippen MR) is 122 cm³/mol. The second-order valence-corrected chi connectivity index (χ2v) is 7.75. The molecule has 1 N–H and O–H groups in total. The predicted octanol–water partition coefficient (Wildman–Crippen LogP) is 4.71. The number of carbonyl (C=O) groups excluding carboxylic acids is 1. The van der Waals surface area contributed by atoms with Gasteiger partial charge in [-0.25, -0.2) is 4.98 Å². The summed E-state index contributed by atoms with van der Waals surface area (Å²) in [6.45, 7) is 6.19. The van der Waals surface area contributed by atoms with Crippen LogP contribution in [0.2, 0.25) is 0 Å². The fourth-order valence-electron chi connectivity index (χ4n) is 3.05. The summed E-state index contributed by atoms with van der Waals surface area (Å²) in [5.74, 6) is 0.353. The van der Waals surface area contributed by atoms with Gasteiger partial charge in [0.2, 0.25) is 5.13 Å². The number of aromatic nitrogens is 1. The quantitative estimate of drug-likeness (QED) is 0.587. The Morgan fingerprint density at radius 2 is 1.83 bits per heavy atom. The number of hydrogen-bond acceptors (Lipinski definition) is 7. The molecule has 0 aliphatic carbocycles. The molecular formula is C22H21N5O2S. The zero-order valence-corrected chi connectivity index (χ0v) is 17.7. The van der Waals surface area contributed by atoms with E-state index in [-0.39, 0.29) is 11.6 Å². The van der Waals surface area contributed by atoms with Crippen LogP contribution in [0, 0.1) is 6.92 Å². The van der Waals surface area contributed by atoms with E-state index in [1.165, 1.54) is 16.3 Å². The van der Waals surface area contributed by atoms with E-state index in [1.54, 1.807) is 6.92 Å². The van der Waals surface area contributed by atoms with E-state index >= 15 is 0 Å². The van der Waals surface area contributed by atoms with Gasteiger partial charge in [-0.2, -0.15) is 15.2 Å². The highest BCUT2D eigenvalue weighted by atomic mass is 32.1. The Hall–Kier alpha value is -3.52. The molecule has 0 unspecified atom stereocenters. The van der Waals surface area contributed by atoms with Crippen molar-refractivity contribution in [1.29, 1.82) is 0 Å². The normalized spacial score (nSPS) is 14.9. The molecule has 0 saturated heterocycles. The van der Waals surface area contributed by atoms with Crippen LogP contribution in [0.4, 0.5) is 10.8 Å². The van der Waals surface area contributed by atoms with Gasteiger partial charge in [0.25, 0.3) is 0 Å². The third-order valence-corrected chi connectivity index (χ3v) is 5.42. The molecule has 3 aromatic rings. The molecule has 0 spiro atoms. The number of thiazole rings is 1. The van der Waals surface area contributed by atoms with Crippen molar-refractivity contribution in [3.63, 3.8) is 0 Å². The Morgan fingerprint density at radius 3 is 2.60 bits per heavy atom. The van der Waals surface area contributed by atoms with Gasteiger partial charge in [0, 0.05) is 10.4 Å². The van der Waals surface area contributed by atoms with E-state index in [4.69, 9.17) is 4.74 Å². The van der Waals surface area contributed by atoms with Crippen LogP contribution < -0.4 is 15.2 Å². The van der Waals surface area contributed by atoms with Gasteiger partial charge in [0.15, 0.2) is 5.71 Å². The average molecular weight is 420 g/mol. The Kier molecular flexibility index (Phi) is 5.58. The molecule has 0 atom stereocenters. The molecule has 4 rings (SSSR count). The van der Waals surface area contributed by atoms with E-state index in [9.17, 15) is 4.79 Å². The van der Waals surface area contributed by atoms with E-state index in [0.717, 1.165) is 16.1 Å². The number of nitrogens with zero attached hydrogens (tertiary/aromatic N) is 4. The largest absolute Gasteiger partial charge is 0.492 e. The third-order valence-electron chi connectivity index (χ3n) is 4.48. The van der Waals surface area contributed by atoms with Crippen molar-refractivity contribution in [1.82, 2.24) is 4.98 Å². The molecule has 1 aromatic heterocycles. The maximum Gasteiger partial charge on any atom is 0.303 e. The molecule has 0 radical (unpaired) electrons. The maximum absolute atomic E-state index is 13.0. The van der Waals surface area contributed by atoms with Crippen molar-refractivity contribution >= 4 is 39.5 Å². The minimum Gasteiger partial charge on any atom is -0.492 e. The highest BCUT2D eigenvalue weighted by molar-refractivity contribution is 7.16. The number of ether oxygens (including phenoxy) is 1. The third kappa shape index (κ3) is 3.81. The number of rotatable bonds is 6. The van der Waals surface area contributed by atoms with Crippen molar-refractivity contribution < 1.29 is 9.53 Å². The smallest absolute Gasteiger partial charge is 0.303 e. The highest BCUT2D eigenvalue weighted by Crippen LogP contribution is 2.34. The molecule has 152 valence electrons. The maximum atomic E-state index is 13.0. The first kappa shape index (κ1) is 19.8. The molecule has 1 aliphatic heterocycles. The van der Waals surface area contributed by atoms with E-state index in [0.29, 0.717) is 28.9 Å². The van der Waals surface area contributed by atoms with Crippen LogP contribution in [0.25, 0.3) is 11.3 Å². The van der Waals surface area contributed by atoms with E-state index < -0.39 is 0 Å². The zero-order chi connectivity index (χ0) is 21.1. The summed E-state index contributed by atoms with van der Waals surface area (Å²) in [6.07, 6.45) is 0. The highest BCUT2D eigenvalue weighted by Gasteiger charge is 2.33. The van der Waals surface area contributed by atoms with Crippen LogP contribution in [0.1, 0.15) is 18.7 Å². The molecule has 7 nitrogen and oxygen atoms in total. The summed E-state index contributed by atoms with van der Waals surface area (Å²) in [5, 5.41) is 10.5. The zero-order valence-electron chi connectivity index (χ0n) is 16.9. The van der Waals surface area contributed by atoms with Gasteiger partial charge >= 0.3 is 5.91 Å². The number of amides is 1. The Bertz CT molecular complexity index is 1140. The molecule has 8 heteroatoms. The van der Waals surface area contributed by atoms with Crippen molar-refractivity contribution in [2.45, 2.75) is 20.8 Å². The van der Waals surface area contributed by atoms with Crippen molar-refractivity contribution in [2.75, 3.05) is 17.0 Å². The van der Waals surface area contributed by atoms with Gasteiger partial charge in [-0.3, -0.25) is 10.2 Å². The van der Waals surface area contributed by atoms with Crippen LogP contribution in [0.15, 0.2) is 64.8 Å². The van der Waals surface area contributed by atoms with Gasteiger partial charge in [-0.05, 0) is 32.9 Å². The van der Waals surface area contributed by atoms with Gasteiger partial charge < -0.3 is 4.74 Å². The average Bonchev–Trinajstić information content (AvgIpc) is 3.27. The molecule has 0 saturated carbocycles. The van der Waals surface area contributed by atoms with Gasteiger partial charge in [-0.15, -0.1) is 0 Å². The second kappa shape index (κ2) is 8.46. The molecule has 0 fully saturated rings. The number of anilines is 2. The van der Waals surface area contributed by atoms with Crippen LogP contribution in [0.3, 0.4) is 0 Å². The Balaban J connectivity index is 1.58. The van der Waals surface area contributed by atoms with Crippen LogP contribution in [0.5, 0.6) is 5.75 Å². The first-order valence-electron chi connectivity index (χ1n) is 9.57. The lowest BCUT2D eigenvalue weighted by Gasteiger charge is -2.09.